The van der Waals surface area contributed by atoms with E-state index in [1.807, 2.05) is 0 Å². The number of ether oxygens (including phenoxy) is 1. The number of nitrogen functional groups attached to an aromatic ring is 1. The average Bonchev–Trinajstić information content (AvgIpc) is 2.36. The van der Waals surface area contributed by atoms with Crippen molar-refractivity contribution < 1.29 is 17.9 Å². The van der Waals surface area contributed by atoms with Crippen LogP contribution in [0.15, 0.2) is 24.3 Å². The van der Waals surface area contributed by atoms with Gasteiger partial charge in [0.05, 0.1) is 11.2 Å². The highest BCUT2D eigenvalue weighted by atomic mass is 32.2. The molecule has 8 heteroatoms. The van der Waals surface area contributed by atoms with E-state index in [1.54, 1.807) is 38.1 Å². The molecule has 1 aromatic carbocycles. The van der Waals surface area contributed by atoms with Crippen LogP contribution in [-0.2, 0) is 14.8 Å². The normalized spacial score (nSPS) is 12.1. The van der Waals surface area contributed by atoms with Gasteiger partial charge in [-0.25, -0.2) is 13.1 Å². The maximum atomic E-state index is 11.8. The monoisotopic (exact) mass is 315 g/mol. The fourth-order valence-electron chi connectivity index (χ4n) is 1.32. The van der Waals surface area contributed by atoms with Gasteiger partial charge in [0.15, 0.2) is 0 Å². The molecule has 0 radical (unpaired) electrons. The number of benzene rings is 1. The van der Waals surface area contributed by atoms with Crippen molar-refractivity contribution in [1.29, 1.82) is 0 Å². The molecule has 0 fully saturated rings. The molecule has 0 saturated carbocycles. The van der Waals surface area contributed by atoms with Crippen LogP contribution >= 0.6 is 0 Å². The Morgan fingerprint density at radius 2 is 2.05 bits per heavy atom. The molecule has 0 spiro atoms. The number of amides is 1. The first-order chi connectivity index (χ1) is 9.62. The van der Waals surface area contributed by atoms with Gasteiger partial charge < -0.3 is 16.2 Å². The molecule has 7 nitrogen and oxygen atoms in total. The Hall–Kier alpha value is -1.80. The summed E-state index contributed by atoms with van der Waals surface area (Å²) in [5, 5.41) is 0. The zero-order chi connectivity index (χ0) is 16.1. The molecule has 0 aromatic heterocycles. The van der Waals surface area contributed by atoms with Crippen molar-refractivity contribution in [3.63, 3.8) is 0 Å². The van der Waals surface area contributed by atoms with Crippen LogP contribution in [0.25, 0.3) is 0 Å². The van der Waals surface area contributed by atoms with Gasteiger partial charge >= 0.3 is 0 Å². The van der Waals surface area contributed by atoms with Gasteiger partial charge in [0.25, 0.3) is 0 Å². The molecule has 118 valence electrons. The van der Waals surface area contributed by atoms with E-state index in [0.29, 0.717) is 11.4 Å². The van der Waals surface area contributed by atoms with Crippen molar-refractivity contribution >= 4 is 21.6 Å². The molecule has 1 amide bonds. The van der Waals surface area contributed by atoms with Gasteiger partial charge in [0.1, 0.15) is 12.4 Å². The lowest BCUT2D eigenvalue weighted by atomic mass is 9.93. The minimum Gasteiger partial charge on any atom is -0.492 e. The number of nitrogens with one attached hydrogen (secondary N) is 1. The van der Waals surface area contributed by atoms with E-state index in [2.05, 4.69) is 4.72 Å². The smallest absolute Gasteiger partial charge is 0.224 e. The fourth-order valence-corrected chi connectivity index (χ4v) is 2.35. The van der Waals surface area contributed by atoms with Gasteiger partial charge in [-0.15, -0.1) is 0 Å². The van der Waals surface area contributed by atoms with Crippen molar-refractivity contribution in [3.05, 3.63) is 24.3 Å². The van der Waals surface area contributed by atoms with Crippen LogP contribution in [0, 0.1) is 5.41 Å². The Kier molecular flexibility index (Phi) is 5.56. The van der Waals surface area contributed by atoms with Crippen LogP contribution < -0.4 is 20.9 Å². The predicted octanol–water partition coefficient (Wildman–Crippen LogP) is 0.0785. The summed E-state index contributed by atoms with van der Waals surface area (Å²) in [5.41, 5.74) is 10.4. The molecule has 21 heavy (non-hydrogen) atoms. The highest BCUT2D eigenvalue weighted by molar-refractivity contribution is 7.89. The summed E-state index contributed by atoms with van der Waals surface area (Å²) in [4.78, 5) is 11.1. The van der Waals surface area contributed by atoms with Crippen LogP contribution in [0.4, 0.5) is 5.69 Å². The number of rotatable bonds is 8. The Balaban J connectivity index is 2.45. The van der Waals surface area contributed by atoms with E-state index in [1.165, 1.54) is 0 Å². The Labute approximate surface area is 124 Å². The minimum atomic E-state index is -3.54. The molecule has 1 rings (SSSR count). The standard InChI is InChI=1S/C13H21N3O4S/c1-13(2,12(15)17)9-16-21(18,19)7-6-20-11-5-3-4-10(14)8-11/h3-5,8,16H,6-7,9,14H2,1-2H3,(H2,15,17). The lowest BCUT2D eigenvalue weighted by Gasteiger charge is -2.20. The van der Waals surface area contributed by atoms with Crippen molar-refractivity contribution in [3.8, 4) is 5.75 Å². The zero-order valence-corrected chi connectivity index (χ0v) is 12.9. The van der Waals surface area contributed by atoms with Crippen molar-refractivity contribution in [1.82, 2.24) is 4.72 Å². The van der Waals surface area contributed by atoms with E-state index in [9.17, 15) is 13.2 Å². The van der Waals surface area contributed by atoms with Gasteiger partial charge in [0.2, 0.25) is 15.9 Å². The number of nitrogens with two attached hydrogens (primary N) is 2. The van der Waals surface area contributed by atoms with Crippen molar-refractivity contribution in [2.24, 2.45) is 11.1 Å². The number of primary amides is 1. The van der Waals surface area contributed by atoms with E-state index in [-0.39, 0.29) is 18.9 Å². The van der Waals surface area contributed by atoms with Gasteiger partial charge in [0, 0.05) is 18.3 Å². The SMILES string of the molecule is CC(C)(CNS(=O)(=O)CCOc1cccc(N)c1)C(N)=O. The Bertz CT molecular complexity index is 599. The number of hydrogen-bond acceptors (Lipinski definition) is 5. The van der Waals surface area contributed by atoms with E-state index in [4.69, 9.17) is 16.2 Å². The average molecular weight is 315 g/mol. The largest absolute Gasteiger partial charge is 0.492 e. The number of carbonyl (C=O) groups is 1. The second-order valence-electron chi connectivity index (χ2n) is 5.31. The molecular weight excluding hydrogens is 294 g/mol. The third-order valence-corrected chi connectivity index (χ3v) is 4.17. The lowest BCUT2D eigenvalue weighted by molar-refractivity contribution is -0.125. The second-order valence-corrected chi connectivity index (χ2v) is 7.24. The molecule has 1 aromatic rings. The topological polar surface area (TPSA) is 125 Å². The van der Waals surface area contributed by atoms with Crippen LogP contribution in [-0.4, -0.2) is 33.2 Å². The summed E-state index contributed by atoms with van der Waals surface area (Å²) in [5.74, 6) is -0.291. The first-order valence-electron chi connectivity index (χ1n) is 6.38. The fraction of sp³-hybridized carbons (Fsp3) is 0.462. The summed E-state index contributed by atoms with van der Waals surface area (Å²) >= 11 is 0. The van der Waals surface area contributed by atoms with Gasteiger partial charge in [-0.05, 0) is 26.0 Å². The minimum absolute atomic E-state index is 0.0181. The quantitative estimate of drug-likeness (QED) is 0.586. The molecule has 0 aliphatic carbocycles. The first-order valence-corrected chi connectivity index (χ1v) is 8.03. The van der Waals surface area contributed by atoms with Gasteiger partial charge in [-0.1, -0.05) is 6.07 Å². The Morgan fingerprint density at radius 3 is 2.62 bits per heavy atom. The number of anilines is 1. The Morgan fingerprint density at radius 1 is 1.38 bits per heavy atom. The molecule has 0 unspecified atom stereocenters. The third kappa shape index (κ3) is 6.01. The summed E-state index contributed by atoms with van der Waals surface area (Å²) in [6.45, 7) is 3.07. The molecular formula is C13H21N3O4S. The third-order valence-electron chi connectivity index (χ3n) is 2.88. The summed E-state index contributed by atoms with van der Waals surface area (Å²) in [6.07, 6.45) is 0. The number of hydrogen-bond donors (Lipinski definition) is 3. The molecule has 5 N–H and O–H groups in total. The predicted molar refractivity (Wildman–Crippen MR) is 81.1 cm³/mol. The van der Waals surface area contributed by atoms with Gasteiger partial charge in [-0.3, -0.25) is 4.79 Å². The molecule has 0 aliphatic rings. The lowest BCUT2D eigenvalue weighted by Crippen LogP contribution is -2.43. The van der Waals surface area contributed by atoms with Crippen LogP contribution in [0.2, 0.25) is 0 Å². The highest BCUT2D eigenvalue weighted by Gasteiger charge is 2.26. The number of sulfonamides is 1. The van der Waals surface area contributed by atoms with Crippen LogP contribution in [0.5, 0.6) is 5.75 Å². The van der Waals surface area contributed by atoms with E-state index < -0.39 is 21.3 Å². The van der Waals surface area contributed by atoms with Crippen molar-refractivity contribution in [2.45, 2.75) is 13.8 Å². The molecule has 0 heterocycles. The van der Waals surface area contributed by atoms with Crippen molar-refractivity contribution in [2.75, 3.05) is 24.6 Å². The molecule has 0 atom stereocenters. The molecule has 0 bridgehead atoms. The highest BCUT2D eigenvalue weighted by Crippen LogP contribution is 2.15. The van der Waals surface area contributed by atoms with E-state index in [0.717, 1.165) is 0 Å². The van der Waals surface area contributed by atoms with Gasteiger partial charge in [-0.2, -0.15) is 0 Å². The van der Waals surface area contributed by atoms with E-state index >= 15 is 0 Å². The first kappa shape index (κ1) is 17.3. The number of carbonyl (C=O) groups excluding carboxylic acids is 1. The summed E-state index contributed by atoms with van der Waals surface area (Å²) in [7, 11) is -3.54. The maximum Gasteiger partial charge on any atom is 0.224 e. The van der Waals surface area contributed by atoms with Crippen LogP contribution in [0.1, 0.15) is 13.8 Å². The molecule has 0 aliphatic heterocycles. The maximum absolute atomic E-state index is 11.8. The summed E-state index contributed by atoms with van der Waals surface area (Å²) < 4.78 is 31.2. The molecule has 0 saturated heterocycles. The van der Waals surface area contributed by atoms with Crippen LogP contribution in [0.3, 0.4) is 0 Å². The summed E-state index contributed by atoms with van der Waals surface area (Å²) in [6, 6.07) is 6.72. The zero-order valence-electron chi connectivity index (χ0n) is 12.1. The second kappa shape index (κ2) is 6.77.